The van der Waals surface area contributed by atoms with Gasteiger partial charge in [0.05, 0.1) is 6.42 Å². The number of tetrazole rings is 1. The average Bonchev–Trinajstić information content (AvgIpc) is 3.17. The summed E-state index contributed by atoms with van der Waals surface area (Å²) in [5.41, 5.74) is 1.91. The SMILES string of the molecule is C[C@@H](CN(C)C(=O)Cc1c[nH]c2ccc(Cl)cc12)c1nn[nH]n1. The van der Waals surface area contributed by atoms with Gasteiger partial charge in [0.15, 0.2) is 5.82 Å². The number of nitrogens with zero attached hydrogens (tertiary/aromatic N) is 4. The molecule has 2 aromatic heterocycles. The van der Waals surface area contributed by atoms with Gasteiger partial charge in [-0.15, -0.1) is 10.2 Å². The first-order valence-electron chi connectivity index (χ1n) is 7.27. The summed E-state index contributed by atoms with van der Waals surface area (Å²) in [5, 5.41) is 15.5. The quantitative estimate of drug-likeness (QED) is 0.749. The molecule has 0 aliphatic carbocycles. The molecular weight excluding hydrogens is 316 g/mol. The Morgan fingerprint density at radius 2 is 2.26 bits per heavy atom. The van der Waals surface area contributed by atoms with E-state index in [1.165, 1.54) is 0 Å². The molecule has 2 N–H and O–H groups in total. The summed E-state index contributed by atoms with van der Waals surface area (Å²) >= 11 is 6.04. The Bertz CT molecular complexity index is 813. The second-order valence-electron chi connectivity index (χ2n) is 5.63. The van der Waals surface area contributed by atoms with Crippen LogP contribution in [0.2, 0.25) is 5.02 Å². The third-order valence-electron chi connectivity index (χ3n) is 3.85. The smallest absolute Gasteiger partial charge is 0.226 e. The number of fused-ring (bicyclic) bond motifs is 1. The maximum Gasteiger partial charge on any atom is 0.226 e. The lowest BCUT2D eigenvalue weighted by Gasteiger charge is -2.19. The minimum atomic E-state index is 0.0140. The van der Waals surface area contributed by atoms with E-state index in [9.17, 15) is 4.79 Å². The molecule has 0 saturated carbocycles. The topological polar surface area (TPSA) is 90.6 Å². The highest BCUT2D eigenvalue weighted by Crippen LogP contribution is 2.23. The van der Waals surface area contributed by atoms with Crippen molar-refractivity contribution in [2.75, 3.05) is 13.6 Å². The lowest BCUT2D eigenvalue weighted by Crippen LogP contribution is -2.31. The number of amides is 1. The number of hydrogen-bond donors (Lipinski definition) is 2. The molecule has 0 bridgehead atoms. The Morgan fingerprint density at radius 1 is 1.43 bits per heavy atom. The van der Waals surface area contributed by atoms with E-state index in [1.807, 2.05) is 31.3 Å². The molecule has 0 aliphatic heterocycles. The summed E-state index contributed by atoms with van der Waals surface area (Å²) in [5.74, 6) is 0.643. The van der Waals surface area contributed by atoms with Crippen LogP contribution < -0.4 is 0 Å². The van der Waals surface area contributed by atoms with Crippen molar-refractivity contribution >= 4 is 28.4 Å². The van der Waals surface area contributed by atoms with Crippen LogP contribution in [0.25, 0.3) is 10.9 Å². The van der Waals surface area contributed by atoms with E-state index in [1.54, 1.807) is 11.9 Å². The van der Waals surface area contributed by atoms with Gasteiger partial charge in [0, 0.05) is 41.6 Å². The third kappa shape index (κ3) is 3.34. The van der Waals surface area contributed by atoms with E-state index in [0.29, 0.717) is 23.8 Å². The van der Waals surface area contributed by atoms with Crippen molar-refractivity contribution in [1.82, 2.24) is 30.5 Å². The third-order valence-corrected chi connectivity index (χ3v) is 4.08. The Kier molecular flexibility index (Phi) is 4.29. The van der Waals surface area contributed by atoms with E-state index in [0.717, 1.165) is 16.5 Å². The van der Waals surface area contributed by atoms with Crippen LogP contribution in [0.1, 0.15) is 24.2 Å². The van der Waals surface area contributed by atoms with Crippen molar-refractivity contribution in [3.05, 3.63) is 40.8 Å². The highest BCUT2D eigenvalue weighted by molar-refractivity contribution is 6.31. The zero-order valence-electron chi connectivity index (χ0n) is 12.9. The van der Waals surface area contributed by atoms with Gasteiger partial charge in [-0.1, -0.05) is 23.7 Å². The Labute approximate surface area is 138 Å². The molecule has 2 heterocycles. The van der Waals surface area contributed by atoms with Crippen molar-refractivity contribution in [3.63, 3.8) is 0 Å². The molecule has 0 spiro atoms. The molecule has 8 heteroatoms. The van der Waals surface area contributed by atoms with Gasteiger partial charge in [0.2, 0.25) is 5.91 Å². The first-order chi connectivity index (χ1) is 11.0. The molecule has 7 nitrogen and oxygen atoms in total. The minimum Gasteiger partial charge on any atom is -0.361 e. The van der Waals surface area contributed by atoms with Gasteiger partial charge >= 0.3 is 0 Å². The van der Waals surface area contributed by atoms with Crippen LogP contribution >= 0.6 is 11.6 Å². The fourth-order valence-corrected chi connectivity index (χ4v) is 2.74. The number of carbonyl (C=O) groups excluding carboxylic acids is 1. The summed E-state index contributed by atoms with van der Waals surface area (Å²) in [7, 11) is 1.78. The normalized spacial score (nSPS) is 12.5. The zero-order chi connectivity index (χ0) is 16.4. The van der Waals surface area contributed by atoms with E-state index in [-0.39, 0.29) is 11.8 Å². The van der Waals surface area contributed by atoms with Crippen molar-refractivity contribution in [2.45, 2.75) is 19.3 Å². The van der Waals surface area contributed by atoms with Crippen LogP contribution in [0.15, 0.2) is 24.4 Å². The highest BCUT2D eigenvalue weighted by atomic mass is 35.5. The maximum absolute atomic E-state index is 12.5. The number of aromatic nitrogens is 5. The van der Waals surface area contributed by atoms with Crippen LogP contribution in [-0.4, -0.2) is 50.0 Å². The van der Waals surface area contributed by atoms with Gasteiger partial charge in [-0.3, -0.25) is 4.79 Å². The molecule has 1 amide bonds. The maximum atomic E-state index is 12.5. The largest absolute Gasteiger partial charge is 0.361 e. The predicted octanol–water partition coefficient (Wildman–Crippen LogP) is 2.14. The summed E-state index contributed by atoms with van der Waals surface area (Å²) in [6, 6.07) is 5.61. The molecule has 0 fully saturated rings. The van der Waals surface area contributed by atoms with Crippen LogP contribution in [0.5, 0.6) is 0 Å². The number of benzene rings is 1. The van der Waals surface area contributed by atoms with E-state index < -0.39 is 0 Å². The Balaban J connectivity index is 1.69. The molecule has 0 saturated heterocycles. The summed E-state index contributed by atoms with van der Waals surface area (Å²) in [4.78, 5) is 17.3. The number of carbonyl (C=O) groups is 1. The molecule has 3 aromatic rings. The van der Waals surface area contributed by atoms with Gasteiger partial charge < -0.3 is 9.88 Å². The van der Waals surface area contributed by atoms with Gasteiger partial charge in [-0.05, 0) is 23.8 Å². The van der Waals surface area contributed by atoms with Crippen LogP contribution in [0, 0.1) is 0 Å². The van der Waals surface area contributed by atoms with E-state index >= 15 is 0 Å². The Morgan fingerprint density at radius 3 is 3.00 bits per heavy atom. The first-order valence-corrected chi connectivity index (χ1v) is 7.65. The monoisotopic (exact) mass is 332 g/mol. The molecule has 0 aliphatic rings. The minimum absolute atomic E-state index is 0.0140. The first kappa shape index (κ1) is 15.5. The van der Waals surface area contributed by atoms with Crippen LogP contribution in [0.4, 0.5) is 0 Å². The lowest BCUT2D eigenvalue weighted by atomic mass is 10.1. The molecule has 1 atom stereocenters. The highest BCUT2D eigenvalue weighted by Gasteiger charge is 2.18. The van der Waals surface area contributed by atoms with E-state index in [4.69, 9.17) is 11.6 Å². The average molecular weight is 333 g/mol. The van der Waals surface area contributed by atoms with E-state index in [2.05, 4.69) is 25.6 Å². The molecule has 23 heavy (non-hydrogen) atoms. The molecule has 0 radical (unpaired) electrons. The molecular formula is C15H17ClN6O. The van der Waals surface area contributed by atoms with Crippen molar-refractivity contribution in [3.8, 4) is 0 Å². The van der Waals surface area contributed by atoms with Gasteiger partial charge in [0.1, 0.15) is 0 Å². The number of halogens is 1. The second kappa shape index (κ2) is 6.37. The summed E-state index contributed by atoms with van der Waals surface area (Å²) < 4.78 is 0. The van der Waals surface area contributed by atoms with Crippen molar-refractivity contribution in [1.29, 1.82) is 0 Å². The molecule has 120 valence electrons. The summed E-state index contributed by atoms with van der Waals surface area (Å²) in [6.45, 7) is 2.49. The van der Waals surface area contributed by atoms with Crippen LogP contribution in [0.3, 0.4) is 0 Å². The number of aromatic amines is 2. The number of rotatable bonds is 5. The van der Waals surface area contributed by atoms with Crippen molar-refractivity contribution in [2.24, 2.45) is 0 Å². The molecule has 3 rings (SSSR count). The summed E-state index contributed by atoms with van der Waals surface area (Å²) in [6.07, 6.45) is 2.17. The predicted molar refractivity (Wildman–Crippen MR) is 87.2 cm³/mol. The number of nitrogens with one attached hydrogen (secondary N) is 2. The molecule has 0 unspecified atom stereocenters. The van der Waals surface area contributed by atoms with Gasteiger partial charge in [-0.2, -0.15) is 5.21 Å². The fourth-order valence-electron chi connectivity index (χ4n) is 2.57. The standard InChI is InChI=1S/C15H17ClN6O/c1-9(15-18-20-21-19-15)8-22(2)14(23)5-10-7-17-13-4-3-11(16)6-12(10)13/h3-4,6-7,9,17H,5,8H2,1-2H3,(H,18,19,20,21)/t9-/m0/s1. The number of likely N-dealkylation sites (N-methyl/N-ethyl adjacent to an activating group) is 1. The fraction of sp³-hybridized carbons (Fsp3) is 0.333. The van der Waals surface area contributed by atoms with Crippen molar-refractivity contribution < 1.29 is 4.79 Å². The van der Waals surface area contributed by atoms with Crippen LogP contribution in [-0.2, 0) is 11.2 Å². The Hall–Kier alpha value is -2.41. The number of H-pyrrole nitrogens is 2. The zero-order valence-corrected chi connectivity index (χ0v) is 13.6. The second-order valence-corrected chi connectivity index (χ2v) is 6.06. The van der Waals surface area contributed by atoms with Gasteiger partial charge in [0.25, 0.3) is 0 Å². The van der Waals surface area contributed by atoms with Gasteiger partial charge in [-0.25, -0.2) is 0 Å². The lowest BCUT2D eigenvalue weighted by molar-refractivity contribution is -0.129. The number of hydrogen-bond acceptors (Lipinski definition) is 4. The molecule has 1 aromatic carbocycles.